The number of amides is 1. The zero-order chi connectivity index (χ0) is 27.5. The molecule has 0 saturated heterocycles. The molecular weight excluding hydrogens is 492 g/mol. The molecule has 1 N–H and O–H groups in total. The fraction of sp³-hybridized carbons (Fsp3) is 0.194. The first-order valence-corrected chi connectivity index (χ1v) is 12.8. The smallest absolute Gasteiger partial charge is 0.340 e. The number of hydrogen-bond donors (Lipinski definition) is 1. The molecule has 8 nitrogen and oxygen atoms in total. The lowest BCUT2D eigenvalue weighted by Crippen LogP contribution is -2.24. The van der Waals surface area contributed by atoms with Crippen LogP contribution in [-0.4, -0.2) is 33.0 Å². The highest BCUT2D eigenvalue weighted by Gasteiger charge is 2.24. The molecule has 0 aliphatic heterocycles. The molecule has 0 bridgehead atoms. The molecule has 0 saturated carbocycles. The summed E-state index contributed by atoms with van der Waals surface area (Å²) in [6.07, 6.45) is 4.03. The monoisotopic (exact) mass is 520 g/mol. The third-order valence-corrected chi connectivity index (χ3v) is 6.60. The van der Waals surface area contributed by atoms with Gasteiger partial charge in [0.15, 0.2) is 0 Å². The minimum Gasteiger partial charge on any atom is -0.462 e. The number of nitrogens with zero attached hydrogens (tertiary/aromatic N) is 3. The minimum absolute atomic E-state index is 0.263. The summed E-state index contributed by atoms with van der Waals surface area (Å²) in [5.74, 6) is -0.761. The normalized spacial score (nSPS) is 11.1. The lowest BCUT2D eigenvalue weighted by Gasteiger charge is -2.18. The van der Waals surface area contributed by atoms with E-state index in [0.717, 1.165) is 10.9 Å². The molecule has 0 fully saturated rings. The Hall–Kier alpha value is -4.85. The van der Waals surface area contributed by atoms with Crippen molar-refractivity contribution in [3.8, 4) is 5.69 Å². The van der Waals surface area contributed by atoms with E-state index in [-0.39, 0.29) is 18.1 Å². The van der Waals surface area contributed by atoms with Crippen molar-refractivity contribution < 1.29 is 14.3 Å². The number of nitrogens with one attached hydrogen (secondary N) is 1. The predicted octanol–water partition coefficient (Wildman–Crippen LogP) is 5.05. The minimum atomic E-state index is -0.498. The average molecular weight is 521 g/mol. The fourth-order valence-electron chi connectivity index (χ4n) is 4.83. The summed E-state index contributed by atoms with van der Waals surface area (Å²) in [6.45, 7) is 6.07. The molecule has 3 aromatic heterocycles. The Morgan fingerprint density at radius 3 is 2.49 bits per heavy atom. The Balaban J connectivity index is 1.68. The molecule has 0 spiro atoms. The van der Waals surface area contributed by atoms with Gasteiger partial charge in [-0.3, -0.25) is 24.1 Å². The number of para-hydroxylation sites is 1. The highest BCUT2D eigenvalue weighted by molar-refractivity contribution is 6.16. The lowest BCUT2D eigenvalue weighted by atomic mass is 9.98. The van der Waals surface area contributed by atoms with Gasteiger partial charge in [0.25, 0.3) is 11.5 Å². The highest BCUT2D eigenvalue weighted by atomic mass is 16.5. The molecule has 0 aliphatic carbocycles. The van der Waals surface area contributed by atoms with Gasteiger partial charge in [-0.25, -0.2) is 4.79 Å². The lowest BCUT2D eigenvalue weighted by molar-refractivity contribution is 0.0506. The number of ether oxygens (including phenoxy) is 1. The molecule has 0 aliphatic rings. The van der Waals surface area contributed by atoms with Crippen LogP contribution in [0.5, 0.6) is 0 Å². The molecule has 196 valence electrons. The SMILES string of the molecule is CCCOC(=O)c1c(C)nc(C)c2c(=O)n(-c3cccc(C(=O)NCc4ccncc4)c3)c3ccccc3c12. The molecular formula is C31H28N4O4. The van der Waals surface area contributed by atoms with Crippen LogP contribution in [0.1, 0.15) is 51.0 Å². The van der Waals surface area contributed by atoms with Gasteiger partial charge in [0.2, 0.25) is 0 Å². The number of aryl methyl sites for hydroxylation is 2. The Kier molecular flexibility index (Phi) is 7.19. The largest absolute Gasteiger partial charge is 0.462 e. The van der Waals surface area contributed by atoms with Crippen LogP contribution < -0.4 is 10.9 Å². The maximum Gasteiger partial charge on any atom is 0.340 e. The number of esters is 1. The number of carbonyl (C=O) groups is 2. The van der Waals surface area contributed by atoms with Crippen LogP contribution in [-0.2, 0) is 11.3 Å². The standard InChI is InChI=1S/C31H28N4O4/c1-4-16-39-31(38)27-20(3)34-19(2)26-28(27)24-10-5-6-11-25(24)35(30(26)37)23-9-7-8-22(17-23)29(36)33-18-21-12-14-32-15-13-21/h5-15,17H,4,16,18H2,1-3H3,(H,33,36). The molecule has 1 amide bonds. The van der Waals surface area contributed by atoms with Crippen molar-refractivity contribution in [3.63, 3.8) is 0 Å². The Morgan fingerprint density at radius 2 is 1.72 bits per heavy atom. The van der Waals surface area contributed by atoms with Crippen LogP contribution in [0, 0.1) is 13.8 Å². The van der Waals surface area contributed by atoms with Crippen molar-refractivity contribution >= 4 is 33.6 Å². The molecule has 2 aromatic carbocycles. The molecule has 0 radical (unpaired) electrons. The molecule has 5 rings (SSSR count). The first-order valence-electron chi connectivity index (χ1n) is 12.8. The predicted molar refractivity (Wildman–Crippen MR) is 150 cm³/mol. The highest BCUT2D eigenvalue weighted by Crippen LogP contribution is 2.31. The van der Waals surface area contributed by atoms with Gasteiger partial charge in [0.05, 0.1) is 40.1 Å². The van der Waals surface area contributed by atoms with Crippen molar-refractivity contribution in [2.45, 2.75) is 33.7 Å². The van der Waals surface area contributed by atoms with Gasteiger partial charge in [-0.05, 0) is 62.2 Å². The van der Waals surface area contributed by atoms with E-state index in [0.29, 0.717) is 57.5 Å². The topological polar surface area (TPSA) is 103 Å². The number of carbonyl (C=O) groups excluding carboxylic acids is 2. The summed E-state index contributed by atoms with van der Waals surface area (Å²) >= 11 is 0. The molecule has 0 unspecified atom stereocenters. The van der Waals surface area contributed by atoms with E-state index in [9.17, 15) is 14.4 Å². The second-order valence-electron chi connectivity index (χ2n) is 9.29. The van der Waals surface area contributed by atoms with E-state index in [1.54, 1.807) is 55.1 Å². The van der Waals surface area contributed by atoms with Crippen molar-refractivity contribution in [2.24, 2.45) is 0 Å². The van der Waals surface area contributed by atoms with Gasteiger partial charge < -0.3 is 10.1 Å². The summed E-state index contributed by atoms with van der Waals surface area (Å²) in [6, 6.07) is 18.0. The number of pyridine rings is 3. The van der Waals surface area contributed by atoms with E-state index < -0.39 is 5.97 Å². The number of rotatable bonds is 7. The molecule has 0 atom stereocenters. The van der Waals surface area contributed by atoms with E-state index in [2.05, 4.69) is 15.3 Å². The van der Waals surface area contributed by atoms with Gasteiger partial charge in [-0.2, -0.15) is 0 Å². The maximum absolute atomic E-state index is 14.1. The molecule has 5 aromatic rings. The number of hydrogen-bond acceptors (Lipinski definition) is 6. The third-order valence-electron chi connectivity index (χ3n) is 6.60. The van der Waals surface area contributed by atoms with Crippen molar-refractivity contribution in [3.05, 3.63) is 111 Å². The first kappa shape index (κ1) is 25.8. The first-order chi connectivity index (χ1) is 18.9. The van der Waals surface area contributed by atoms with Crippen LogP contribution in [0.4, 0.5) is 0 Å². The van der Waals surface area contributed by atoms with Gasteiger partial charge >= 0.3 is 5.97 Å². The fourth-order valence-corrected chi connectivity index (χ4v) is 4.83. The summed E-state index contributed by atoms with van der Waals surface area (Å²) in [5.41, 5.74) is 3.49. The third kappa shape index (κ3) is 4.88. The quantitative estimate of drug-likeness (QED) is 0.238. The Morgan fingerprint density at radius 1 is 0.949 bits per heavy atom. The second kappa shape index (κ2) is 10.9. The van der Waals surface area contributed by atoms with Gasteiger partial charge in [-0.15, -0.1) is 0 Å². The summed E-state index contributed by atoms with van der Waals surface area (Å²) in [5, 5.41) is 4.51. The average Bonchev–Trinajstić information content (AvgIpc) is 2.95. The van der Waals surface area contributed by atoms with Crippen molar-refractivity contribution in [1.29, 1.82) is 0 Å². The summed E-state index contributed by atoms with van der Waals surface area (Å²) < 4.78 is 7.04. The van der Waals surface area contributed by atoms with Gasteiger partial charge in [0, 0.05) is 35.3 Å². The van der Waals surface area contributed by atoms with Crippen LogP contribution in [0.2, 0.25) is 0 Å². The molecule has 3 heterocycles. The van der Waals surface area contributed by atoms with E-state index in [1.807, 2.05) is 43.3 Å². The molecule has 8 heteroatoms. The number of benzene rings is 2. The number of aromatic nitrogens is 3. The molecule has 39 heavy (non-hydrogen) atoms. The zero-order valence-electron chi connectivity index (χ0n) is 22.0. The summed E-state index contributed by atoms with van der Waals surface area (Å²) in [7, 11) is 0. The summed E-state index contributed by atoms with van der Waals surface area (Å²) in [4.78, 5) is 48.8. The van der Waals surface area contributed by atoms with E-state index >= 15 is 0 Å². The zero-order valence-corrected chi connectivity index (χ0v) is 22.0. The second-order valence-corrected chi connectivity index (χ2v) is 9.29. The van der Waals surface area contributed by atoms with Gasteiger partial charge in [-0.1, -0.05) is 31.2 Å². The van der Waals surface area contributed by atoms with Crippen molar-refractivity contribution in [1.82, 2.24) is 19.9 Å². The Labute approximate surface area is 225 Å². The van der Waals surface area contributed by atoms with Gasteiger partial charge in [0.1, 0.15) is 0 Å². The van der Waals surface area contributed by atoms with Crippen LogP contribution in [0.25, 0.3) is 27.4 Å². The van der Waals surface area contributed by atoms with E-state index in [4.69, 9.17) is 4.74 Å². The van der Waals surface area contributed by atoms with Crippen LogP contribution in [0.3, 0.4) is 0 Å². The maximum atomic E-state index is 14.1. The number of fused-ring (bicyclic) bond motifs is 3. The van der Waals surface area contributed by atoms with Crippen LogP contribution >= 0.6 is 0 Å². The van der Waals surface area contributed by atoms with Crippen molar-refractivity contribution in [2.75, 3.05) is 6.61 Å². The Bertz CT molecular complexity index is 1780. The van der Waals surface area contributed by atoms with E-state index in [1.165, 1.54) is 0 Å². The van der Waals surface area contributed by atoms with Crippen LogP contribution in [0.15, 0.2) is 77.9 Å².